The molecule has 0 bridgehead atoms. The second kappa shape index (κ2) is 5.30. The SMILES string of the molecule is FC(F)(F)c1cc(C=CCCBr)ccn1. The second-order valence-corrected chi connectivity index (χ2v) is 3.65. The fourth-order valence-electron chi connectivity index (χ4n) is 0.988. The van der Waals surface area contributed by atoms with Crippen LogP contribution in [0.1, 0.15) is 17.7 Å². The lowest BCUT2D eigenvalue weighted by Gasteiger charge is -2.05. The molecule has 1 heterocycles. The highest BCUT2D eigenvalue weighted by Gasteiger charge is 2.32. The van der Waals surface area contributed by atoms with Gasteiger partial charge in [0.1, 0.15) is 5.69 Å². The topological polar surface area (TPSA) is 12.9 Å². The molecule has 0 aliphatic carbocycles. The molecule has 0 N–H and O–H groups in total. The van der Waals surface area contributed by atoms with E-state index in [9.17, 15) is 13.2 Å². The Hall–Kier alpha value is -0.840. The zero-order valence-electron chi connectivity index (χ0n) is 7.76. The lowest BCUT2D eigenvalue weighted by atomic mass is 10.2. The van der Waals surface area contributed by atoms with E-state index in [-0.39, 0.29) is 0 Å². The van der Waals surface area contributed by atoms with Gasteiger partial charge in [0.05, 0.1) is 0 Å². The van der Waals surface area contributed by atoms with Crippen molar-refractivity contribution in [2.24, 2.45) is 0 Å². The summed E-state index contributed by atoms with van der Waals surface area (Å²) in [5, 5.41) is 0.792. The molecule has 0 fully saturated rings. The van der Waals surface area contributed by atoms with Gasteiger partial charge in [0.15, 0.2) is 0 Å². The Balaban J connectivity index is 2.84. The molecule has 1 aromatic heterocycles. The zero-order chi connectivity index (χ0) is 11.3. The van der Waals surface area contributed by atoms with Gasteiger partial charge in [-0.2, -0.15) is 13.2 Å². The number of hydrogen-bond acceptors (Lipinski definition) is 1. The van der Waals surface area contributed by atoms with Gasteiger partial charge in [-0.15, -0.1) is 0 Å². The average Bonchev–Trinajstić information content (AvgIpc) is 2.17. The van der Waals surface area contributed by atoms with Crippen LogP contribution in [-0.4, -0.2) is 10.3 Å². The Labute approximate surface area is 94.2 Å². The van der Waals surface area contributed by atoms with Crippen LogP contribution in [0.5, 0.6) is 0 Å². The Morgan fingerprint density at radius 3 is 2.73 bits per heavy atom. The minimum absolute atomic E-state index is 0.512. The average molecular weight is 280 g/mol. The first-order chi connectivity index (χ1) is 7.04. The number of pyridine rings is 1. The number of hydrogen-bond donors (Lipinski definition) is 0. The number of allylic oxidation sites excluding steroid dienone is 1. The first-order valence-corrected chi connectivity index (χ1v) is 5.42. The standard InChI is InChI=1S/C10H9BrF3N/c11-5-2-1-3-8-4-6-15-9(7-8)10(12,13)14/h1,3-4,6-7H,2,5H2. The van der Waals surface area contributed by atoms with Gasteiger partial charge in [-0.1, -0.05) is 28.1 Å². The third kappa shape index (κ3) is 4.03. The Kier molecular flexibility index (Phi) is 4.32. The fourth-order valence-corrected chi connectivity index (χ4v) is 1.25. The molecule has 0 atom stereocenters. The summed E-state index contributed by atoms with van der Waals surface area (Å²) in [7, 11) is 0. The molecule has 0 unspecified atom stereocenters. The van der Waals surface area contributed by atoms with Crippen molar-refractivity contribution in [2.45, 2.75) is 12.6 Å². The zero-order valence-corrected chi connectivity index (χ0v) is 9.35. The van der Waals surface area contributed by atoms with Crippen LogP contribution in [-0.2, 0) is 6.18 Å². The van der Waals surface area contributed by atoms with Crippen LogP contribution in [0, 0.1) is 0 Å². The van der Waals surface area contributed by atoms with Crippen LogP contribution in [0.25, 0.3) is 6.08 Å². The molecular formula is C10H9BrF3N. The fraction of sp³-hybridized carbons (Fsp3) is 0.300. The smallest absolute Gasteiger partial charge is 0.252 e. The van der Waals surface area contributed by atoms with Crippen LogP contribution in [0.3, 0.4) is 0 Å². The summed E-state index contributed by atoms with van der Waals surface area (Å²) < 4.78 is 36.8. The van der Waals surface area contributed by atoms with Crippen molar-refractivity contribution in [2.75, 3.05) is 5.33 Å². The maximum atomic E-state index is 12.3. The van der Waals surface area contributed by atoms with Crippen molar-refractivity contribution in [3.05, 3.63) is 35.7 Å². The van der Waals surface area contributed by atoms with Gasteiger partial charge in [0.25, 0.3) is 0 Å². The normalized spacial score (nSPS) is 12.3. The van der Waals surface area contributed by atoms with Gasteiger partial charge in [0.2, 0.25) is 0 Å². The molecule has 15 heavy (non-hydrogen) atoms. The third-order valence-corrected chi connectivity index (χ3v) is 2.12. The highest BCUT2D eigenvalue weighted by Crippen LogP contribution is 2.27. The van der Waals surface area contributed by atoms with Crippen LogP contribution in [0.2, 0.25) is 0 Å². The molecule has 0 saturated heterocycles. The summed E-state index contributed by atoms with van der Waals surface area (Å²) in [5.41, 5.74) is -0.346. The lowest BCUT2D eigenvalue weighted by Crippen LogP contribution is -2.07. The molecule has 0 saturated carbocycles. The summed E-state index contributed by atoms with van der Waals surface area (Å²) in [5.74, 6) is 0. The molecule has 0 spiro atoms. The minimum Gasteiger partial charge on any atom is -0.252 e. The van der Waals surface area contributed by atoms with E-state index in [1.54, 1.807) is 12.1 Å². The number of rotatable bonds is 3. The largest absolute Gasteiger partial charge is 0.433 e. The number of nitrogens with zero attached hydrogens (tertiary/aromatic N) is 1. The van der Waals surface area contributed by atoms with Crippen LogP contribution in [0.15, 0.2) is 24.4 Å². The Morgan fingerprint density at radius 1 is 1.40 bits per heavy atom. The molecule has 0 aliphatic heterocycles. The molecule has 0 radical (unpaired) electrons. The van der Waals surface area contributed by atoms with Crippen molar-refractivity contribution >= 4 is 22.0 Å². The lowest BCUT2D eigenvalue weighted by molar-refractivity contribution is -0.141. The van der Waals surface area contributed by atoms with E-state index < -0.39 is 11.9 Å². The predicted molar refractivity (Wildman–Crippen MR) is 56.7 cm³/mol. The molecule has 1 nitrogen and oxygen atoms in total. The van der Waals surface area contributed by atoms with E-state index in [1.165, 1.54) is 0 Å². The van der Waals surface area contributed by atoms with E-state index in [1.807, 2.05) is 6.08 Å². The molecule has 5 heteroatoms. The third-order valence-electron chi connectivity index (χ3n) is 1.66. The van der Waals surface area contributed by atoms with Gasteiger partial charge < -0.3 is 0 Å². The summed E-state index contributed by atoms with van der Waals surface area (Å²) in [6.07, 6.45) is 1.03. The summed E-state index contributed by atoms with van der Waals surface area (Å²) >= 11 is 3.23. The molecule has 82 valence electrons. The summed E-state index contributed by atoms with van der Waals surface area (Å²) in [6, 6.07) is 2.57. The van der Waals surface area contributed by atoms with E-state index in [0.717, 1.165) is 24.0 Å². The first-order valence-electron chi connectivity index (χ1n) is 4.30. The highest BCUT2D eigenvalue weighted by atomic mass is 79.9. The highest BCUT2D eigenvalue weighted by molar-refractivity contribution is 9.09. The molecule has 1 aromatic rings. The van der Waals surface area contributed by atoms with Crippen LogP contribution < -0.4 is 0 Å². The molecule has 0 amide bonds. The van der Waals surface area contributed by atoms with Crippen LogP contribution in [0.4, 0.5) is 13.2 Å². The van der Waals surface area contributed by atoms with E-state index in [4.69, 9.17) is 0 Å². The van der Waals surface area contributed by atoms with E-state index >= 15 is 0 Å². The van der Waals surface area contributed by atoms with Crippen molar-refractivity contribution < 1.29 is 13.2 Å². The second-order valence-electron chi connectivity index (χ2n) is 2.85. The van der Waals surface area contributed by atoms with Gasteiger partial charge in [-0.25, -0.2) is 0 Å². The molecular weight excluding hydrogens is 271 g/mol. The number of aromatic nitrogens is 1. The number of halogens is 4. The maximum Gasteiger partial charge on any atom is 0.433 e. The molecule has 0 aromatic carbocycles. The Bertz CT molecular complexity index is 347. The van der Waals surface area contributed by atoms with Crippen molar-refractivity contribution in [3.63, 3.8) is 0 Å². The molecule has 1 rings (SSSR count). The van der Waals surface area contributed by atoms with Gasteiger partial charge in [-0.05, 0) is 24.1 Å². The van der Waals surface area contributed by atoms with Gasteiger partial charge >= 0.3 is 6.18 Å². The van der Waals surface area contributed by atoms with Crippen molar-refractivity contribution in [3.8, 4) is 0 Å². The van der Waals surface area contributed by atoms with E-state index in [0.29, 0.717) is 5.56 Å². The first kappa shape index (κ1) is 12.2. The minimum atomic E-state index is -4.38. The summed E-state index contributed by atoms with van der Waals surface area (Å²) in [4.78, 5) is 3.27. The van der Waals surface area contributed by atoms with Crippen LogP contribution >= 0.6 is 15.9 Å². The van der Waals surface area contributed by atoms with Gasteiger partial charge in [-0.3, -0.25) is 4.98 Å². The van der Waals surface area contributed by atoms with Gasteiger partial charge in [0, 0.05) is 11.5 Å². The monoisotopic (exact) mass is 279 g/mol. The predicted octanol–water partition coefficient (Wildman–Crippen LogP) is 3.90. The van der Waals surface area contributed by atoms with E-state index in [2.05, 4.69) is 20.9 Å². The quantitative estimate of drug-likeness (QED) is 0.765. The van der Waals surface area contributed by atoms with Crippen molar-refractivity contribution in [1.29, 1.82) is 0 Å². The summed E-state index contributed by atoms with van der Waals surface area (Å²) in [6.45, 7) is 0. The van der Waals surface area contributed by atoms with Crippen molar-refractivity contribution in [1.82, 2.24) is 4.98 Å². The number of alkyl halides is 4. The maximum absolute atomic E-state index is 12.3. The Morgan fingerprint density at radius 2 is 2.13 bits per heavy atom. The molecule has 0 aliphatic rings.